The first-order chi connectivity index (χ1) is 12.9. The molecule has 27 heavy (non-hydrogen) atoms. The van der Waals surface area contributed by atoms with Crippen LogP contribution in [0.15, 0.2) is 0 Å². The molecule has 0 aromatic heterocycles. The van der Waals surface area contributed by atoms with Gasteiger partial charge in [0.15, 0.2) is 0 Å². The molecule has 6 aliphatic rings. The number of hydrogen-bond donors (Lipinski definition) is 2. The fourth-order valence-electron chi connectivity index (χ4n) is 9.52. The lowest BCUT2D eigenvalue weighted by atomic mass is 9.42. The maximum atomic E-state index is 12.1. The van der Waals surface area contributed by atoms with Crippen LogP contribution in [0.4, 0.5) is 0 Å². The van der Waals surface area contributed by atoms with E-state index in [0.29, 0.717) is 35.5 Å². The molecule has 10 atom stereocenters. The zero-order valence-electron chi connectivity index (χ0n) is 16.9. The van der Waals surface area contributed by atoms with Crippen molar-refractivity contribution in [3.05, 3.63) is 0 Å². The molecular formula is C23H35NO3. The fourth-order valence-corrected chi connectivity index (χ4v) is 9.52. The van der Waals surface area contributed by atoms with Crippen LogP contribution >= 0.6 is 0 Å². The monoisotopic (exact) mass is 373 g/mol. The highest BCUT2D eigenvalue weighted by Crippen LogP contribution is 2.73. The van der Waals surface area contributed by atoms with Crippen LogP contribution in [-0.2, 0) is 9.53 Å². The van der Waals surface area contributed by atoms with Crippen molar-refractivity contribution in [2.45, 2.75) is 96.0 Å². The molecule has 2 bridgehead atoms. The molecule has 4 heteroatoms. The topological polar surface area (TPSA) is 58.6 Å². The highest BCUT2D eigenvalue weighted by molar-refractivity contribution is 5.79. The summed E-state index contributed by atoms with van der Waals surface area (Å²) in [4.78, 5) is 12.1. The number of hydrogen-bond acceptors (Lipinski definition) is 3. The summed E-state index contributed by atoms with van der Waals surface area (Å²) in [5.41, 5.74) is 0.595. The van der Waals surface area contributed by atoms with E-state index in [0.717, 1.165) is 18.8 Å². The third-order valence-electron chi connectivity index (χ3n) is 10.8. The summed E-state index contributed by atoms with van der Waals surface area (Å²) in [5.74, 6) is 3.28. The van der Waals surface area contributed by atoms with Gasteiger partial charge in [0.25, 0.3) is 0 Å². The average molecular weight is 374 g/mol. The quantitative estimate of drug-likeness (QED) is 0.682. The van der Waals surface area contributed by atoms with E-state index in [1.165, 1.54) is 44.9 Å². The Kier molecular flexibility index (Phi) is 3.39. The molecule has 2 saturated heterocycles. The molecule has 4 saturated carbocycles. The molecule has 2 heterocycles. The van der Waals surface area contributed by atoms with Crippen LogP contribution in [-0.4, -0.2) is 28.9 Å². The van der Waals surface area contributed by atoms with Crippen LogP contribution in [0, 0.1) is 40.4 Å². The molecule has 2 N–H and O–H groups in total. The van der Waals surface area contributed by atoms with Crippen LogP contribution in [0.1, 0.15) is 78.1 Å². The molecular weight excluding hydrogens is 338 g/mol. The van der Waals surface area contributed by atoms with Gasteiger partial charge in [-0.2, -0.15) is 0 Å². The second kappa shape index (κ2) is 5.30. The van der Waals surface area contributed by atoms with Crippen molar-refractivity contribution in [2.75, 3.05) is 0 Å². The Bertz CT molecular complexity index is 681. The maximum Gasteiger partial charge on any atom is 0.222 e. The fraction of sp³-hybridized carbons (Fsp3) is 0.957. The van der Waals surface area contributed by atoms with E-state index in [1.807, 2.05) is 0 Å². The number of fused-ring (bicyclic) bond motifs is 5. The van der Waals surface area contributed by atoms with Crippen LogP contribution in [0.25, 0.3) is 0 Å². The van der Waals surface area contributed by atoms with Gasteiger partial charge in [-0.15, -0.1) is 0 Å². The minimum atomic E-state index is -0.0807. The Balaban J connectivity index is 1.39. The van der Waals surface area contributed by atoms with E-state index in [2.05, 4.69) is 19.2 Å². The molecule has 1 amide bonds. The third kappa shape index (κ3) is 1.95. The number of rotatable bonds is 0. The third-order valence-corrected chi connectivity index (χ3v) is 10.8. The summed E-state index contributed by atoms with van der Waals surface area (Å²) >= 11 is 0. The molecule has 0 radical (unpaired) electrons. The number of ether oxygens (including phenoxy) is 1. The number of aliphatic hydroxyl groups is 1. The predicted molar refractivity (Wildman–Crippen MR) is 102 cm³/mol. The maximum absolute atomic E-state index is 12.1. The minimum absolute atomic E-state index is 0.0244. The Labute approximate surface area is 162 Å². The van der Waals surface area contributed by atoms with E-state index in [-0.39, 0.29) is 29.3 Å². The van der Waals surface area contributed by atoms with E-state index in [9.17, 15) is 9.90 Å². The predicted octanol–water partition coefficient (Wildman–Crippen LogP) is 3.62. The first-order valence-electron chi connectivity index (χ1n) is 11.5. The van der Waals surface area contributed by atoms with Crippen molar-refractivity contribution in [3.8, 4) is 0 Å². The van der Waals surface area contributed by atoms with E-state index in [1.54, 1.807) is 0 Å². The first kappa shape index (κ1) is 17.3. The Morgan fingerprint density at radius 2 is 1.81 bits per heavy atom. The lowest BCUT2D eigenvalue weighted by Gasteiger charge is -2.67. The second-order valence-corrected chi connectivity index (χ2v) is 11.4. The number of carbonyl (C=O) groups excluding carboxylic acids is 1. The van der Waals surface area contributed by atoms with Gasteiger partial charge in [-0.25, -0.2) is 0 Å². The van der Waals surface area contributed by atoms with Gasteiger partial charge in [-0.3, -0.25) is 4.79 Å². The van der Waals surface area contributed by atoms with Gasteiger partial charge in [0.05, 0.1) is 11.7 Å². The highest BCUT2D eigenvalue weighted by Gasteiger charge is 2.73. The summed E-state index contributed by atoms with van der Waals surface area (Å²) in [6.45, 7) is 5.05. The molecule has 0 aromatic carbocycles. The van der Waals surface area contributed by atoms with E-state index >= 15 is 0 Å². The molecule has 0 aromatic rings. The van der Waals surface area contributed by atoms with Gasteiger partial charge >= 0.3 is 0 Å². The van der Waals surface area contributed by atoms with Gasteiger partial charge < -0.3 is 15.2 Å². The lowest BCUT2D eigenvalue weighted by molar-refractivity contribution is -0.288. The summed E-state index contributed by atoms with van der Waals surface area (Å²) in [6.07, 6.45) is 11.3. The first-order valence-corrected chi connectivity index (χ1v) is 11.5. The summed E-state index contributed by atoms with van der Waals surface area (Å²) < 4.78 is 7.00. The van der Waals surface area contributed by atoms with Gasteiger partial charge in [-0.1, -0.05) is 13.8 Å². The van der Waals surface area contributed by atoms with Crippen LogP contribution in [0.3, 0.4) is 0 Å². The van der Waals surface area contributed by atoms with Crippen LogP contribution in [0.2, 0.25) is 0 Å². The molecule has 4 aliphatic carbocycles. The van der Waals surface area contributed by atoms with Crippen LogP contribution < -0.4 is 5.32 Å². The summed E-state index contributed by atoms with van der Waals surface area (Å²) in [6, 6.07) is 0. The van der Waals surface area contributed by atoms with Gasteiger partial charge in [-0.05, 0) is 86.9 Å². The highest BCUT2D eigenvalue weighted by atomic mass is 16.5. The molecule has 6 fully saturated rings. The van der Waals surface area contributed by atoms with Crippen molar-refractivity contribution >= 4 is 5.91 Å². The molecule has 9 unspecified atom stereocenters. The lowest BCUT2D eigenvalue weighted by Crippen LogP contribution is -2.67. The van der Waals surface area contributed by atoms with Crippen molar-refractivity contribution in [2.24, 2.45) is 40.4 Å². The second-order valence-electron chi connectivity index (χ2n) is 11.4. The molecule has 4 nitrogen and oxygen atoms in total. The van der Waals surface area contributed by atoms with Crippen molar-refractivity contribution in [1.29, 1.82) is 0 Å². The zero-order valence-corrected chi connectivity index (χ0v) is 16.9. The smallest absolute Gasteiger partial charge is 0.222 e. The van der Waals surface area contributed by atoms with Crippen molar-refractivity contribution in [3.63, 3.8) is 0 Å². The van der Waals surface area contributed by atoms with E-state index < -0.39 is 0 Å². The Hall–Kier alpha value is -0.610. The Morgan fingerprint density at radius 1 is 1.00 bits per heavy atom. The number of carbonyl (C=O) groups is 1. The van der Waals surface area contributed by atoms with Crippen molar-refractivity contribution < 1.29 is 14.6 Å². The Morgan fingerprint density at radius 3 is 2.67 bits per heavy atom. The molecule has 2 aliphatic heterocycles. The SMILES string of the molecule is CC12CCC(O)CC1CCC1[C@H]2CCC2(C)C3CCC12OC1NC(=O)CC13. The molecule has 6 rings (SSSR count). The number of aliphatic hydroxyl groups excluding tert-OH is 1. The molecule has 0 spiro atoms. The van der Waals surface area contributed by atoms with Crippen molar-refractivity contribution in [1.82, 2.24) is 5.32 Å². The minimum Gasteiger partial charge on any atom is -0.393 e. The molecule has 150 valence electrons. The van der Waals surface area contributed by atoms with Gasteiger partial charge in [0.1, 0.15) is 6.23 Å². The standard InChI is InChI=1S/C23H35NO3/c1-21-8-5-14(25)11-13(21)3-4-18-17(21)6-9-22(2)16-7-10-23(18,22)27-20-15(16)12-19(26)24-20/h13-18,20,25H,3-12H2,1-2H3,(H,24,26)/t13?,14?,15?,16?,17-,18?,20?,21?,22?,23?/m1/s1. The zero-order chi connectivity index (χ0) is 18.6. The van der Waals surface area contributed by atoms with E-state index in [4.69, 9.17) is 4.74 Å². The summed E-state index contributed by atoms with van der Waals surface area (Å²) in [5, 5.41) is 13.4. The normalized spacial score (nSPS) is 61.4. The summed E-state index contributed by atoms with van der Waals surface area (Å²) in [7, 11) is 0. The largest absolute Gasteiger partial charge is 0.393 e. The van der Waals surface area contributed by atoms with Gasteiger partial charge in [0.2, 0.25) is 5.91 Å². The van der Waals surface area contributed by atoms with Gasteiger partial charge in [0, 0.05) is 17.8 Å². The average Bonchev–Trinajstić information content (AvgIpc) is 3.08. The number of amides is 1. The number of nitrogens with one attached hydrogen (secondary N) is 1. The van der Waals surface area contributed by atoms with Crippen LogP contribution in [0.5, 0.6) is 0 Å².